The van der Waals surface area contributed by atoms with Crippen LogP contribution in [0.15, 0.2) is 47.3 Å². The van der Waals surface area contributed by atoms with Gasteiger partial charge in [0.25, 0.3) is 5.56 Å². The number of hydrogen-bond donors (Lipinski definition) is 7. The average Bonchev–Trinajstić information content (AvgIpc) is 3.68. The topological polar surface area (TPSA) is 295 Å². The number of carboxylic acid groups (broad SMARTS) is 1. The van der Waals surface area contributed by atoms with Gasteiger partial charge in [-0.15, -0.1) is 0 Å². The lowest BCUT2D eigenvalue weighted by molar-refractivity contribution is -0.192. The van der Waals surface area contributed by atoms with Crippen molar-refractivity contribution >= 4 is 52.4 Å². The number of aryl methyl sites for hydroxylation is 1. The molecule has 5 amide bonds. The molecular weight excluding hydrogens is 929 g/mol. The van der Waals surface area contributed by atoms with E-state index in [1.807, 2.05) is 0 Å². The number of halogens is 4. The highest BCUT2D eigenvalue weighted by Crippen LogP contribution is 2.46. The first-order valence-corrected chi connectivity index (χ1v) is 22.1. The number of carbonyl (C=O) groups excluding carboxylic acids is 6. The van der Waals surface area contributed by atoms with Gasteiger partial charge in [-0.05, 0) is 60.9 Å². The molecule has 7 rings (SSSR count). The summed E-state index contributed by atoms with van der Waals surface area (Å²) in [6, 6.07) is 10.0. The molecular formula is C47H52F4N8O11. The molecule has 0 saturated heterocycles. The van der Waals surface area contributed by atoms with Crippen molar-refractivity contribution in [1.82, 2.24) is 30.4 Å². The molecule has 0 unspecified atom stereocenters. The predicted octanol–water partition coefficient (Wildman–Crippen LogP) is 1.80. The molecule has 19 nitrogen and oxygen atoms in total. The van der Waals surface area contributed by atoms with E-state index in [9.17, 15) is 51.8 Å². The van der Waals surface area contributed by atoms with E-state index in [0.717, 1.165) is 5.56 Å². The number of esters is 1. The summed E-state index contributed by atoms with van der Waals surface area (Å²) in [7, 11) is 0. The maximum Gasteiger partial charge on any atom is 0.490 e. The third-order valence-corrected chi connectivity index (χ3v) is 12.8. The van der Waals surface area contributed by atoms with Crippen molar-refractivity contribution < 1.29 is 66.1 Å². The van der Waals surface area contributed by atoms with Crippen LogP contribution in [0, 0.1) is 18.2 Å². The quantitative estimate of drug-likeness (QED) is 0.0583. The highest BCUT2D eigenvalue weighted by Gasteiger charge is 2.46. The Balaban J connectivity index is 0.00000107. The molecule has 2 aromatic carbocycles. The van der Waals surface area contributed by atoms with Gasteiger partial charge in [-0.3, -0.25) is 28.8 Å². The summed E-state index contributed by atoms with van der Waals surface area (Å²) in [4.78, 5) is 107. The Morgan fingerprint density at radius 2 is 1.71 bits per heavy atom. The Morgan fingerprint density at radius 3 is 2.33 bits per heavy atom. The number of hydrogen-bond acceptors (Lipinski definition) is 12. The largest absolute Gasteiger partial charge is 0.490 e. The number of aromatic nitrogens is 2. The number of benzene rings is 2. The number of rotatable bonds is 15. The highest BCUT2D eigenvalue weighted by molar-refractivity contribution is 5.95. The molecule has 374 valence electrons. The van der Waals surface area contributed by atoms with Crippen molar-refractivity contribution in [1.29, 1.82) is 0 Å². The van der Waals surface area contributed by atoms with Crippen molar-refractivity contribution in [3.05, 3.63) is 97.6 Å². The van der Waals surface area contributed by atoms with Gasteiger partial charge in [-0.2, -0.15) is 13.2 Å². The Bertz CT molecular complexity index is 2850. The number of nitrogens with two attached hydrogens (primary N) is 2. The molecule has 0 radical (unpaired) electrons. The first-order chi connectivity index (χ1) is 32.8. The van der Waals surface area contributed by atoms with Crippen LogP contribution in [-0.2, 0) is 69.9 Å². The number of fused-ring (bicyclic) bond motifs is 5. The van der Waals surface area contributed by atoms with E-state index in [-0.39, 0.29) is 56.6 Å². The molecule has 1 aliphatic carbocycles. The van der Waals surface area contributed by atoms with Crippen molar-refractivity contribution in [2.75, 3.05) is 26.2 Å². The maximum atomic E-state index is 15.5. The van der Waals surface area contributed by atoms with Crippen LogP contribution in [0.25, 0.3) is 22.3 Å². The number of carboxylic acids is 1. The summed E-state index contributed by atoms with van der Waals surface area (Å²) in [5.74, 6) is -7.13. The number of amides is 5. The number of aliphatic hydroxyl groups is 1. The first kappa shape index (κ1) is 52.1. The fraction of sp³-hybridized carbons (Fsp3) is 0.426. The minimum Gasteiger partial charge on any atom is -0.475 e. The second kappa shape index (κ2) is 20.4. The summed E-state index contributed by atoms with van der Waals surface area (Å²) >= 11 is 0. The standard InChI is InChI=1S/C45H51FN8O9.C2HF3O2/c1-5-45(62)28-16-33-39-26(20-54(33)40(58)27(28)22-63-43(45)61)38-30(12-11-25-23(2)29(46)17-31(51-39)37(25)38)52-42(60)44(3,4)13-14-53(21-34(48)55)41(59)32(15-24-9-7-6-8-10-24)50-36(57)19-49-35(56)18-47;3-2(4,5)1(6)7/h6-10,16-17,30,32,62H,5,11-15,18-22,47H2,1-4H3,(H2,48,55)(H,49,56)(H,50,57)(H,52,60);(H,6,7)/t30-,32-,45-;/m0./s1. The molecule has 3 atom stereocenters. The molecule has 0 saturated carbocycles. The number of aliphatic carboxylic acids is 1. The zero-order chi connectivity index (χ0) is 51.6. The first-order valence-electron chi connectivity index (χ1n) is 22.1. The Labute approximate surface area is 396 Å². The van der Waals surface area contributed by atoms with E-state index in [4.69, 9.17) is 31.1 Å². The molecule has 4 heterocycles. The number of pyridine rings is 2. The second-order valence-electron chi connectivity index (χ2n) is 17.8. The Hall–Kier alpha value is -7.27. The lowest BCUT2D eigenvalue weighted by Gasteiger charge is -2.34. The molecule has 4 aromatic rings. The van der Waals surface area contributed by atoms with Gasteiger partial charge in [-0.25, -0.2) is 19.0 Å². The summed E-state index contributed by atoms with van der Waals surface area (Å²) in [6.45, 7) is 5.06. The summed E-state index contributed by atoms with van der Waals surface area (Å²) in [6.07, 6.45) is -4.23. The number of nitrogens with zero attached hydrogens (tertiary/aromatic N) is 3. The van der Waals surface area contributed by atoms with Gasteiger partial charge >= 0.3 is 18.1 Å². The molecule has 2 aliphatic heterocycles. The molecule has 0 fully saturated rings. The number of alkyl halides is 3. The lowest BCUT2D eigenvalue weighted by Crippen LogP contribution is -2.54. The summed E-state index contributed by atoms with van der Waals surface area (Å²) in [5, 5.41) is 27.4. The minimum absolute atomic E-state index is 0.0431. The van der Waals surface area contributed by atoms with Gasteiger partial charge in [0.15, 0.2) is 5.60 Å². The van der Waals surface area contributed by atoms with E-state index < -0.39 is 95.2 Å². The molecule has 3 aliphatic rings. The highest BCUT2D eigenvalue weighted by atomic mass is 19.4. The second-order valence-corrected chi connectivity index (χ2v) is 17.8. The average molecular weight is 981 g/mol. The third-order valence-electron chi connectivity index (χ3n) is 12.8. The Morgan fingerprint density at radius 1 is 1.04 bits per heavy atom. The van der Waals surface area contributed by atoms with Crippen LogP contribution in [0.1, 0.15) is 85.0 Å². The molecule has 23 heteroatoms. The number of cyclic esters (lactones) is 1. The number of primary amides is 1. The summed E-state index contributed by atoms with van der Waals surface area (Å²) in [5.41, 5.74) is 11.8. The van der Waals surface area contributed by atoms with E-state index >= 15 is 4.39 Å². The number of nitrogens with one attached hydrogen (secondary N) is 3. The van der Waals surface area contributed by atoms with Gasteiger partial charge in [-0.1, -0.05) is 51.1 Å². The van der Waals surface area contributed by atoms with E-state index in [2.05, 4.69) is 16.0 Å². The number of ether oxygens (including phenoxy) is 1. The van der Waals surface area contributed by atoms with E-state index in [0.29, 0.717) is 57.4 Å². The zero-order valence-corrected chi connectivity index (χ0v) is 38.6. The van der Waals surface area contributed by atoms with Gasteiger partial charge in [0.05, 0.1) is 54.7 Å². The Kier molecular flexibility index (Phi) is 15.2. The van der Waals surface area contributed by atoms with E-state index in [1.165, 1.54) is 15.5 Å². The predicted molar refractivity (Wildman–Crippen MR) is 240 cm³/mol. The maximum absolute atomic E-state index is 15.5. The van der Waals surface area contributed by atoms with Crippen LogP contribution in [0.3, 0.4) is 0 Å². The molecule has 0 bridgehead atoms. The van der Waals surface area contributed by atoms with Crippen LogP contribution in [0.2, 0.25) is 0 Å². The van der Waals surface area contributed by atoms with Crippen LogP contribution in [0.4, 0.5) is 17.6 Å². The fourth-order valence-corrected chi connectivity index (χ4v) is 8.80. The van der Waals surface area contributed by atoms with Gasteiger partial charge < -0.3 is 51.8 Å². The fourth-order valence-electron chi connectivity index (χ4n) is 8.80. The van der Waals surface area contributed by atoms with Crippen LogP contribution in [0.5, 0.6) is 0 Å². The van der Waals surface area contributed by atoms with Crippen LogP contribution < -0.4 is 33.0 Å². The number of carbonyl (C=O) groups is 7. The van der Waals surface area contributed by atoms with E-state index in [1.54, 1.807) is 64.1 Å². The molecule has 9 N–H and O–H groups in total. The van der Waals surface area contributed by atoms with Crippen LogP contribution in [-0.4, -0.2) is 105 Å². The smallest absolute Gasteiger partial charge is 0.475 e. The van der Waals surface area contributed by atoms with Crippen molar-refractivity contribution in [2.45, 2.75) is 96.8 Å². The third kappa shape index (κ3) is 10.6. The SMILES string of the molecule is CC[C@@]1(O)C(=O)OCc2c1cc1n(c2=O)Cc2c-1nc1cc(F)c(C)c3c1c2[C@@H](NC(=O)C(C)(C)CCN(CC(N)=O)C(=O)[C@H](Cc1ccccc1)NC(=O)CNC(=O)CN)CC3.O=C(O)C(F)(F)F. The monoisotopic (exact) mass is 980 g/mol. The van der Waals surface area contributed by atoms with Crippen molar-refractivity contribution in [3.8, 4) is 11.4 Å². The minimum atomic E-state index is -5.08. The molecule has 0 spiro atoms. The van der Waals surface area contributed by atoms with Crippen molar-refractivity contribution in [2.24, 2.45) is 16.9 Å². The van der Waals surface area contributed by atoms with Gasteiger partial charge in [0, 0.05) is 41.0 Å². The van der Waals surface area contributed by atoms with Gasteiger partial charge in [0.1, 0.15) is 18.5 Å². The summed E-state index contributed by atoms with van der Waals surface area (Å²) < 4.78 is 53.9. The van der Waals surface area contributed by atoms with Crippen LogP contribution >= 0.6 is 0 Å². The van der Waals surface area contributed by atoms with Crippen molar-refractivity contribution in [3.63, 3.8) is 0 Å². The molecule has 2 aromatic heterocycles. The zero-order valence-electron chi connectivity index (χ0n) is 38.6. The normalized spacial score (nSPS) is 17.1. The van der Waals surface area contributed by atoms with Gasteiger partial charge in [0.2, 0.25) is 29.5 Å². The molecule has 70 heavy (non-hydrogen) atoms. The lowest BCUT2D eigenvalue weighted by atomic mass is 9.80.